The number of nitriles is 1. The first-order valence-electron chi connectivity index (χ1n) is 5.01. The van der Waals surface area contributed by atoms with Crippen LogP contribution in [-0.2, 0) is 6.42 Å². The van der Waals surface area contributed by atoms with Crippen LogP contribution in [0, 0.1) is 38.0 Å². The van der Waals surface area contributed by atoms with Crippen LogP contribution in [0.1, 0.15) is 29.2 Å². The number of hydrogen-bond acceptors (Lipinski definition) is 1. The van der Waals surface area contributed by atoms with Gasteiger partial charge in [0, 0.05) is 5.92 Å². The fraction of sp³-hybridized carbons (Fsp3) is 0.462. The van der Waals surface area contributed by atoms with Crippen LogP contribution in [0.5, 0.6) is 0 Å². The van der Waals surface area contributed by atoms with Crippen LogP contribution in [0.25, 0.3) is 0 Å². The molecule has 0 amide bonds. The van der Waals surface area contributed by atoms with E-state index < -0.39 is 0 Å². The second-order valence-electron chi connectivity index (χ2n) is 4.11. The Morgan fingerprint density at radius 1 is 1.21 bits per heavy atom. The van der Waals surface area contributed by atoms with Gasteiger partial charge in [0.1, 0.15) is 0 Å². The molecule has 0 fully saturated rings. The lowest BCUT2D eigenvalue weighted by Gasteiger charge is -2.12. The molecule has 0 radical (unpaired) electrons. The van der Waals surface area contributed by atoms with Gasteiger partial charge >= 0.3 is 0 Å². The Balaban J connectivity index is 3.04. The largest absolute Gasteiger partial charge is 0.198 e. The summed E-state index contributed by atoms with van der Waals surface area (Å²) in [5.41, 5.74) is 5.26. The van der Waals surface area contributed by atoms with E-state index in [1.165, 1.54) is 22.3 Å². The molecule has 0 heterocycles. The predicted octanol–water partition coefficient (Wildman–Crippen LogP) is 3.31. The molecule has 0 aromatic heterocycles. The molecule has 0 aliphatic carbocycles. The number of hydrogen-bond donors (Lipinski definition) is 0. The highest BCUT2D eigenvalue weighted by atomic mass is 14.3. The minimum absolute atomic E-state index is 0.107. The SMILES string of the molecule is Cc1cc(C)c(CC(C)C#N)c(C)c1. The molecule has 74 valence electrons. The molecule has 1 aromatic rings. The summed E-state index contributed by atoms with van der Waals surface area (Å²) in [4.78, 5) is 0. The second kappa shape index (κ2) is 4.28. The van der Waals surface area contributed by atoms with Crippen molar-refractivity contribution < 1.29 is 0 Å². The fourth-order valence-electron chi connectivity index (χ4n) is 1.88. The number of nitrogens with zero attached hydrogens (tertiary/aromatic N) is 1. The molecule has 1 nitrogen and oxygen atoms in total. The Hall–Kier alpha value is -1.29. The minimum atomic E-state index is 0.107. The van der Waals surface area contributed by atoms with E-state index >= 15 is 0 Å². The zero-order valence-corrected chi connectivity index (χ0v) is 9.39. The fourth-order valence-corrected chi connectivity index (χ4v) is 1.88. The van der Waals surface area contributed by atoms with Gasteiger partial charge in [-0.3, -0.25) is 0 Å². The van der Waals surface area contributed by atoms with Gasteiger partial charge in [-0.1, -0.05) is 17.7 Å². The van der Waals surface area contributed by atoms with Crippen LogP contribution in [-0.4, -0.2) is 0 Å². The lowest BCUT2D eigenvalue weighted by atomic mass is 9.93. The summed E-state index contributed by atoms with van der Waals surface area (Å²) in [6, 6.07) is 6.66. The highest BCUT2D eigenvalue weighted by Crippen LogP contribution is 2.19. The van der Waals surface area contributed by atoms with Crippen molar-refractivity contribution in [1.82, 2.24) is 0 Å². The minimum Gasteiger partial charge on any atom is -0.198 e. The molecule has 0 aliphatic rings. The molecule has 0 bridgehead atoms. The van der Waals surface area contributed by atoms with Crippen molar-refractivity contribution >= 4 is 0 Å². The van der Waals surface area contributed by atoms with Gasteiger partial charge in [0.15, 0.2) is 0 Å². The maximum atomic E-state index is 8.78. The zero-order chi connectivity index (χ0) is 10.7. The summed E-state index contributed by atoms with van der Waals surface area (Å²) in [6.07, 6.45) is 0.869. The molecule has 0 spiro atoms. The average Bonchev–Trinajstić information content (AvgIpc) is 2.10. The third kappa shape index (κ3) is 2.35. The van der Waals surface area contributed by atoms with Crippen molar-refractivity contribution in [2.45, 2.75) is 34.1 Å². The summed E-state index contributed by atoms with van der Waals surface area (Å²) < 4.78 is 0. The maximum Gasteiger partial charge on any atom is 0.0656 e. The number of rotatable bonds is 2. The quantitative estimate of drug-likeness (QED) is 0.696. The monoisotopic (exact) mass is 187 g/mol. The molecule has 0 N–H and O–H groups in total. The van der Waals surface area contributed by atoms with Crippen molar-refractivity contribution in [2.24, 2.45) is 5.92 Å². The average molecular weight is 187 g/mol. The Labute approximate surface area is 86.4 Å². The van der Waals surface area contributed by atoms with Crippen LogP contribution < -0.4 is 0 Å². The van der Waals surface area contributed by atoms with Gasteiger partial charge in [-0.05, 0) is 50.8 Å². The van der Waals surface area contributed by atoms with Crippen LogP contribution in [0.3, 0.4) is 0 Å². The van der Waals surface area contributed by atoms with Gasteiger partial charge in [0.2, 0.25) is 0 Å². The van der Waals surface area contributed by atoms with Gasteiger partial charge in [-0.25, -0.2) is 0 Å². The normalized spacial score (nSPS) is 12.2. The van der Waals surface area contributed by atoms with Crippen molar-refractivity contribution in [3.8, 4) is 6.07 Å². The van der Waals surface area contributed by atoms with Crippen LogP contribution in [0.2, 0.25) is 0 Å². The van der Waals surface area contributed by atoms with Gasteiger partial charge in [0.05, 0.1) is 6.07 Å². The van der Waals surface area contributed by atoms with E-state index in [-0.39, 0.29) is 5.92 Å². The Morgan fingerprint density at radius 3 is 2.14 bits per heavy atom. The van der Waals surface area contributed by atoms with Gasteiger partial charge in [-0.2, -0.15) is 5.26 Å². The first-order chi connectivity index (χ1) is 6.54. The molecular weight excluding hydrogens is 170 g/mol. The van der Waals surface area contributed by atoms with Crippen molar-refractivity contribution in [2.75, 3.05) is 0 Å². The van der Waals surface area contributed by atoms with E-state index in [1.807, 2.05) is 6.92 Å². The summed E-state index contributed by atoms with van der Waals surface area (Å²) in [6.45, 7) is 8.33. The first-order valence-corrected chi connectivity index (χ1v) is 5.01. The van der Waals surface area contributed by atoms with E-state index in [1.54, 1.807) is 0 Å². The van der Waals surface area contributed by atoms with Gasteiger partial charge < -0.3 is 0 Å². The number of benzene rings is 1. The van der Waals surface area contributed by atoms with Crippen molar-refractivity contribution in [3.05, 3.63) is 34.4 Å². The molecular formula is C13H17N. The second-order valence-corrected chi connectivity index (χ2v) is 4.11. The topological polar surface area (TPSA) is 23.8 Å². The standard InChI is InChI=1S/C13H17N/c1-9-5-11(3)13(12(4)6-9)7-10(2)8-14/h5-6,10H,7H2,1-4H3. The highest BCUT2D eigenvalue weighted by molar-refractivity contribution is 5.38. The third-order valence-corrected chi connectivity index (χ3v) is 2.57. The molecule has 14 heavy (non-hydrogen) atoms. The maximum absolute atomic E-state index is 8.78. The first kappa shape index (κ1) is 10.8. The van der Waals surface area contributed by atoms with E-state index in [2.05, 4.69) is 39.0 Å². The van der Waals surface area contributed by atoms with E-state index in [0.717, 1.165) is 6.42 Å². The third-order valence-electron chi connectivity index (χ3n) is 2.57. The van der Waals surface area contributed by atoms with E-state index in [0.29, 0.717) is 0 Å². The summed E-state index contributed by atoms with van der Waals surface area (Å²) >= 11 is 0. The smallest absolute Gasteiger partial charge is 0.0656 e. The van der Waals surface area contributed by atoms with Crippen molar-refractivity contribution in [3.63, 3.8) is 0 Å². The van der Waals surface area contributed by atoms with E-state index in [4.69, 9.17) is 5.26 Å². The van der Waals surface area contributed by atoms with Gasteiger partial charge in [0.25, 0.3) is 0 Å². The van der Waals surface area contributed by atoms with Crippen LogP contribution in [0.15, 0.2) is 12.1 Å². The Kier molecular flexibility index (Phi) is 3.30. The molecule has 0 saturated carbocycles. The molecule has 1 atom stereocenters. The van der Waals surface area contributed by atoms with E-state index in [9.17, 15) is 0 Å². The zero-order valence-electron chi connectivity index (χ0n) is 9.39. The summed E-state index contributed by atoms with van der Waals surface area (Å²) in [7, 11) is 0. The Morgan fingerprint density at radius 2 is 1.71 bits per heavy atom. The molecule has 1 aromatic carbocycles. The molecule has 1 unspecified atom stereocenters. The highest BCUT2D eigenvalue weighted by Gasteiger charge is 2.07. The van der Waals surface area contributed by atoms with Crippen molar-refractivity contribution in [1.29, 1.82) is 5.26 Å². The molecule has 0 saturated heterocycles. The summed E-state index contributed by atoms with van der Waals surface area (Å²) in [5, 5.41) is 8.78. The molecule has 0 aliphatic heterocycles. The predicted molar refractivity (Wildman–Crippen MR) is 59.1 cm³/mol. The lowest BCUT2D eigenvalue weighted by molar-refractivity contribution is 0.731. The van der Waals surface area contributed by atoms with Gasteiger partial charge in [-0.15, -0.1) is 0 Å². The molecule has 1 heteroatoms. The van der Waals surface area contributed by atoms with Crippen LogP contribution in [0.4, 0.5) is 0 Å². The molecule has 1 rings (SSSR count). The number of aryl methyl sites for hydroxylation is 3. The summed E-state index contributed by atoms with van der Waals surface area (Å²) in [5.74, 6) is 0.107. The Bertz CT molecular complexity index is 348. The lowest BCUT2D eigenvalue weighted by Crippen LogP contribution is -2.01. The van der Waals surface area contributed by atoms with Crippen LogP contribution >= 0.6 is 0 Å².